The van der Waals surface area contributed by atoms with Gasteiger partial charge >= 0.3 is 0 Å². The van der Waals surface area contributed by atoms with Crippen molar-refractivity contribution in [2.24, 2.45) is 0 Å². The number of hydrogen-bond acceptors (Lipinski definition) is 1. The highest BCUT2D eigenvalue weighted by Crippen LogP contribution is 2.31. The van der Waals surface area contributed by atoms with Crippen LogP contribution in [0.5, 0.6) is 0 Å². The molecule has 0 aromatic heterocycles. The molecule has 0 amide bonds. The molecule has 1 saturated heterocycles. The van der Waals surface area contributed by atoms with E-state index in [0.29, 0.717) is 13.1 Å². The zero-order chi connectivity index (χ0) is 12.3. The highest BCUT2D eigenvalue weighted by Gasteiger charge is 2.36. The first kappa shape index (κ1) is 12.4. The molecular formula is C13H16F3N. The molecule has 1 heterocycles. The summed E-state index contributed by atoms with van der Waals surface area (Å²) in [5.74, 6) is -3.93. The number of piperidine rings is 1. The van der Waals surface area contributed by atoms with Crippen molar-refractivity contribution >= 4 is 0 Å². The van der Waals surface area contributed by atoms with E-state index in [0.717, 1.165) is 25.3 Å². The minimum absolute atomic E-state index is 0.381. The Morgan fingerprint density at radius 1 is 1.06 bits per heavy atom. The zero-order valence-corrected chi connectivity index (χ0v) is 9.63. The summed E-state index contributed by atoms with van der Waals surface area (Å²) in [5.41, 5.74) is -0.495. The normalized spacial score (nSPS) is 18.3. The van der Waals surface area contributed by atoms with Gasteiger partial charge < -0.3 is 0 Å². The maximum atomic E-state index is 13.9. The van der Waals surface area contributed by atoms with E-state index in [-0.39, 0.29) is 6.54 Å². The molecule has 1 aromatic rings. The first-order valence-electron chi connectivity index (χ1n) is 5.95. The molecule has 2 rings (SSSR count). The van der Waals surface area contributed by atoms with Gasteiger partial charge in [0.1, 0.15) is 5.82 Å². The summed E-state index contributed by atoms with van der Waals surface area (Å²) >= 11 is 0. The van der Waals surface area contributed by atoms with Crippen LogP contribution in [0.25, 0.3) is 0 Å². The van der Waals surface area contributed by atoms with Crippen molar-refractivity contribution in [2.75, 3.05) is 19.6 Å². The number of benzene rings is 1. The van der Waals surface area contributed by atoms with E-state index in [9.17, 15) is 13.2 Å². The summed E-state index contributed by atoms with van der Waals surface area (Å²) in [5, 5.41) is 0. The van der Waals surface area contributed by atoms with Crippen LogP contribution >= 0.6 is 0 Å². The molecule has 0 unspecified atom stereocenters. The Morgan fingerprint density at radius 2 is 1.71 bits per heavy atom. The Kier molecular flexibility index (Phi) is 3.72. The average molecular weight is 243 g/mol. The third kappa shape index (κ3) is 3.00. The highest BCUT2D eigenvalue weighted by atomic mass is 19.3. The molecule has 1 fully saturated rings. The Balaban J connectivity index is 2.10. The topological polar surface area (TPSA) is 3.24 Å². The maximum absolute atomic E-state index is 13.9. The molecule has 0 saturated carbocycles. The molecule has 0 N–H and O–H groups in total. The van der Waals surface area contributed by atoms with Crippen molar-refractivity contribution in [1.82, 2.24) is 4.90 Å². The lowest BCUT2D eigenvalue weighted by atomic mass is 10.1. The quantitative estimate of drug-likeness (QED) is 0.786. The third-order valence-electron chi connectivity index (χ3n) is 3.14. The fraction of sp³-hybridized carbons (Fsp3) is 0.538. The molecule has 1 aromatic carbocycles. The fourth-order valence-electron chi connectivity index (χ4n) is 2.24. The third-order valence-corrected chi connectivity index (χ3v) is 3.14. The van der Waals surface area contributed by atoms with E-state index in [4.69, 9.17) is 0 Å². The van der Waals surface area contributed by atoms with Crippen LogP contribution in [-0.2, 0) is 5.92 Å². The van der Waals surface area contributed by atoms with Crippen molar-refractivity contribution < 1.29 is 13.2 Å². The van der Waals surface area contributed by atoms with Crippen LogP contribution in [0.4, 0.5) is 13.2 Å². The van der Waals surface area contributed by atoms with Gasteiger partial charge in [-0.05, 0) is 32.0 Å². The van der Waals surface area contributed by atoms with Gasteiger partial charge in [0.05, 0.1) is 12.1 Å². The molecule has 0 radical (unpaired) electrons. The first-order chi connectivity index (χ1) is 8.09. The molecular weight excluding hydrogens is 227 g/mol. The number of rotatable bonds is 3. The van der Waals surface area contributed by atoms with Gasteiger partial charge in [-0.1, -0.05) is 24.6 Å². The lowest BCUT2D eigenvalue weighted by Gasteiger charge is -2.30. The Morgan fingerprint density at radius 3 is 2.35 bits per heavy atom. The average Bonchev–Trinajstić information content (AvgIpc) is 2.30. The molecule has 1 aliphatic rings. The molecule has 0 aliphatic carbocycles. The van der Waals surface area contributed by atoms with Gasteiger partial charge in [0, 0.05) is 0 Å². The van der Waals surface area contributed by atoms with Crippen LogP contribution in [0.15, 0.2) is 24.3 Å². The van der Waals surface area contributed by atoms with E-state index in [2.05, 4.69) is 0 Å². The number of nitrogens with zero attached hydrogens (tertiary/aromatic N) is 1. The molecule has 1 nitrogen and oxygen atoms in total. The van der Waals surface area contributed by atoms with E-state index >= 15 is 0 Å². The first-order valence-corrected chi connectivity index (χ1v) is 5.95. The largest absolute Gasteiger partial charge is 0.297 e. The monoisotopic (exact) mass is 243 g/mol. The van der Waals surface area contributed by atoms with Gasteiger partial charge in [-0.25, -0.2) is 4.39 Å². The summed E-state index contributed by atoms with van der Waals surface area (Å²) in [7, 11) is 0. The van der Waals surface area contributed by atoms with Crippen LogP contribution in [-0.4, -0.2) is 24.5 Å². The second kappa shape index (κ2) is 5.08. The standard InChI is InChI=1S/C13H16F3N/c14-12-7-3-2-6-11(12)13(15,16)10-17-8-4-1-5-9-17/h2-3,6-7H,1,4-5,8-10H2. The van der Waals surface area contributed by atoms with Gasteiger partial charge in [0.25, 0.3) is 5.92 Å². The van der Waals surface area contributed by atoms with Crippen molar-refractivity contribution in [1.29, 1.82) is 0 Å². The number of alkyl halides is 2. The molecule has 1 aliphatic heterocycles. The van der Waals surface area contributed by atoms with Gasteiger partial charge in [-0.15, -0.1) is 0 Å². The van der Waals surface area contributed by atoms with Crippen LogP contribution in [0.1, 0.15) is 24.8 Å². The van der Waals surface area contributed by atoms with Gasteiger partial charge in [0.2, 0.25) is 0 Å². The number of hydrogen-bond donors (Lipinski definition) is 0. The second-order valence-corrected chi connectivity index (χ2v) is 4.52. The Hall–Kier alpha value is -1.03. The van der Waals surface area contributed by atoms with Crippen molar-refractivity contribution in [2.45, 2.75) is 25.2 Å². The van der Waals surface area contributed by atoms with Crippen molar-refractivity contribution in [3.63, 3.8) is 0 Å². The lowest BCUT2D eigenvalue weighted by molar-refractivity contribution is -0.0442. The van der Waals surface area contributed by atoms with E-state index in [1.807, 2.05) is 0 Å². The number of likely N-dealkylation sites (tertiary alicyclic amines) is 1. The maximum Gasteiger partial charge on any atom is 0.288 e. The van der Waals surface area contributed by atoms with Crippen LogP contribution in [0, 0.1) is 5.82 Å². The smallest absolute Gasteiger partial charge is 0.288 e. The molecule has 94 valence electrons. The zero-order valence-electron chi connectivity index (χ0n) is 9.63. The SMILES string of the molecule is Fc1ccccc1C(F)(F)CN1CCCCC1. The Bertz CT molecular complexity index is 373. The van der Waals surface area contributed by atoms with E-state index in [1.165, 1.54) is 18.2 Å². The molecule has 0 bridgehead atoms. The second-order valence-electron chi connectivity index (χ2n) is 4.52. The van der Waals surface area contributed by atoms with Crippen LogP contribution < -0.4 is 0 Å². The fourth-order valence-corrected chi connectivity index (χ4v) is 2.24. The van der Waals surface area contributed by atoms with Gasteiger partial charge in [-0.2, -0.15) is 8.78 Å². The highest BCUT2D eigenvalue weighted by molar-refractivity contribution is 5.22. The van der Waals surface area contributed by atoms with Crippen LogP contribution in [0.2, 0.25) is 0 Å². The number of halogens is 3. The van der Waals surface area contributed by atoms with Gasteiger partial charge in [-0.3, -0.25) is 4.90 Å². The van der Waals surface area contributed by atoms with Gasteiger partial charge in [0.15, 0.2) is 0 Å². The van der Waals surface area contributed by atoms with E-state index in [1.54, 1.807) is 4.90 Å². The summed E-state index contributed by atoms with van der Waals surface area (Å²) in [6, 6.07) is 5.12. The van der Waals surface area contributed by atoms with E-state index < -0.39 is 17.3 Å². The summed E-state index contributed by atoms with van der Waals surface area (Å²) in [6.45, 7) is 0.988. The lowest BCUT2D eigenvalue weighted by Crippen LogP contribution is -2.39. The molecule has 4 heteroatoms. The predicted molar refractivity (Wildman–Crippen MR) is 60.6 cm³/mol. The summed E-state index contributed by atoms with van der Waals surface area (Å²) in [4.78, 5) is 1.72. The molecule has 0 spiro atoms. The molecule has 17 heavy (non-hydrogen) atoms. The van der Waals surface area contributed by atoms with Crippen LogP contribution in [0.3, 0.4) is 0 Å². The van der Waals surface area contributed by atoms with Crippen molar-refractivity contribution in [3.8, 4) is 0 Å². The predicted octanol–water partition coefficient (Wildman–Crippen LogP) is 3.40. The minimum atomic E-state index is -3.11. The molecule has 0 atom stereocenters. The minimum Gasteiger partial charge on any atom is -0.297 e. The van der Waals surface area contributed by atoms with Crippen molar-refractivity contribution in [3.05, 3.63) is 35.6 Å². The summed E-state index contributed by atoms with van der Waals surface area (Å²) < 4.78 is 41.2. The Labute approximate surface area is 99.2 Å². The summed E-state index contributed by atoms with van der Waals surface area (Å²) in [6.07, 6.45) is 3.00.